The number of nitrogens with one attached hydrogen (secondary N) is 1. The molecule has 4 heterocycles. The minimum Gasteiger partial charge on any atom is -0.370 e. The van der Waals surface area contributed by atoms with Gasteiger partial charge in [-0.05, 0) is 49.0 Å². The smallest absolute Gasteiger partial charge is 0.245 e. The average Bonchev–Trinajstić information content (AvgIpc) is 3.37. The van der Waals surface area contributed by atoms with E-state index < -0.39 is 0 Å². The molecule has 0 spiro atoms. The number of ether oxygens (including phenoxy) is 1. The molecule has 1 N–H and O–H groups in total. The van der Waals surface area contributed by atoms with Gasteiger partial charge in [-0.3, -0.25) is 4.79 Å². The molecule has 6 rings (SSSR count). The van der Waals surface area contributed by atoms with Crippen LogP contribution in [-0.4, -0.2) is 83.7 Å². The summed E-state index contributed by atoms with van der Waals surface area (Å²) >= 11 is 0. The third kappa shape index (κ3) is 5.00. The largest absolute Gasteiger partial charge is 0.370 e. The van der Waals surface area contributed by atoms with Crippen molar-refractivity contribution >= 4 is 29.2 Å². The summed E-state index contributed by atoms with van der Waals surface area (Å²) in [5, 5.41) is 8.11. The number of nitrogens with zero attached hydrogens (tertiary/aromatic N) is 6. The molecular weight excluding hydrogens is 466 g/mol. The fraction of sp³-hybridized carbons (Fsp3) is 0.321. The van der Waals surface area contributed by atoms with Crippen LogP contribution in [0, 0.1) is 0 Å². The maximum absolute atomic E-state index is 11.2. The van der Waals surface area contributed by atoms with Crippen LogP contribution in [0.2, 0.25) is 0 Å². The summed E-state index contributed by atoms with van der Waals surface area (Å²) < 4.78 is 7.79. The van der Waals surface area contributed by atoms with Crippen molar-refractivity contribution in [1.29, 1.82) is 0 Å². The predicted octanol–water partition coefficient (Wildman–Crippen LogP) is 3.42. The number of aromatic nitrogens is 3. The van der Waals surface area contributed by atoms with E-state index in [0.29, 0.717) is 25.6 Å². The van der Waals surface area contributed by atoms with Crippen LogP contribution in [0.4, 0.5) is 17.3 Å². The van der Waals surface area contributed by atoms with Crippen LogP contribution in [0.3, 0.4) is 0 Å². The lowest BCUT2D eigenvalue weighted by molar-refractivity contribution is -0.125. The van der Waals surface area contributed by atoms with Gasteiger partial charge >= 0.3 is 0 Å². The molecular formula is C28H31N7O2. The number of morpholine rings is 1. The van der Waals surface area contributed by atoms with Crippen molar-refractivity contribution < 1.29 is 9.53 Å². The molecule has 1 amide bonds. The number of anilines is 3. The number of carbonyl (C=O) groups excluding carboxylic acids is 1. The number of hydrogen-bond donors (Lipinski definition) is 1. The molecule has 37 heavy (non-hydrogen) atoms. The second-order valence-electron chi connectivity index (χ2n) is 9.68. The molecule has 2 aromatic heterocycles. The van der Waals surface area contributed by atoms with Crippen molar-refractivity contribution in [2.24, 2.45) is 0 Å². The van der Waals surface area contributed by atoms with Gasteiger partial charge in [0.15, 0.2) is 0 Å². The molecule has 0 saturated carbocycles. The van der Waals surface area contributed by atoms with Crippen LogP contribution in [0.5, 0.6) is 0 Å². The average molecular weight is 498 g/mol. The zero-order chi connectivity index (χ0) is 25.2. The Morgan fingerprint density at radius 1 is 0.946 bits per heavy atom. The van der Waals surface area contributed by atoms with Crippen LogP contribution in [0.25, 0.3) is 16.8 Å². The van der Waals surface area contributed by atoms with E-state index in [9.17, 15) is 4.79 Å². The number of amides is 1. The van der Waals surface area contributed by atoms with Crippen molar-refractivity contribution in [3.63, 3.8) is 0 Å². The highest BCUT2D eigenvalue weighted by molar-refractivity contribution is 5.67. The maximum atomic E-state index is 11.2. The Morgan fingerprint density at radius 2 is 1.73 bits per heavy atom. The number of benzene rings is 2. The monoisotopic (exact) mass is 497 g/mol. The first kappa shape index (κ1) is 23.4. The highest BCUT2D eigenvalue weighted by Gasteiger charge is 2.21. The van der Waals surface area contributed by atoms with E-state index in [1.807, 2.05) is 16.8 Å². The van der Waals surface area contributed by atoms with Crippen LogP contribution in [0.15, 0.2) is 66.9 Å². The van der Waals surface area contributed by atoms with Crippen LogP contribution in [0.1, 0.15) is 11.7 Å². The van der Waals surface area contributed by atoms with Crippen molar-refractivity contribution in [1.82, 2.24) is 24.4 Å². The lowest BCUT2D eigenvalue weighted by Crippen LogP contribution is -2.44. The SMILES string of the molecule is CN1CCN(c2ccc(Nc3ncc4ccc(-c5ccc(C6CN(C=O)CCO6)cc5)n4n3)cc2)CC1. The molecule has 2 aliphatic heterocycles. The van der Waals surface area contributed by atoms with Gasteiger partial charge in [-0.1, -0.05) is 24.3 Å². The third-order valence-electron chi connectivity index (χ3n) is 7.22. The first-order valence-corrected chi connectivity index (χ1v) is 12.7. The van der Waals surface area contributed by atoms with Gasteiger partial charge in [0.05, 0.1) is 30.6 Å². The number of rotatable bonds is 6. The summed E-state index contributed by atoms with van der Waals surface area (Å²) in [4.78, 5) is 22.2. The summed E-state index contributed by atoms with van der Waals surface area (Å²) in [7, 11) is 2.17. The Bertz CT molecular complexity index is 1360. The number of piperazine rings is 1. The minimum absolute atomic E-state index is 0.0992. The minimum atomic E-state index is -0.0992. The molecule has 2 aliphatic rings. The molecule has 0 radical (unpaired) electrons. The first-order valence-electron chi connectivity index (χ1n) is 12.7. The molecule has 4 aromatic rings. The molecule has 0 aliphatic carbocycles. The van der Waals surface area contributed by atoms with E-state index in [2.05, 4.69) is 81.7 Å². The van der Waals surface area contributed by atoms with Gasteiger partial charge in [-0.25, -0.2) is 9.50 Å². The van der Waals surface area contributed by atoms with Gasteiger partial charge in [0.1, 0.15) is 6.10 Å². The highest BCUT2D eigenvalue weighted by Crippen LogP contribution is 2.27. The van der Waals surface area contributed by atoms with E-state index in [4.69, 9.17) is 9.84 Å². The van der Waals surface area contributed by atoms with Crippen molar-refractivity contribution in [2.45, 2.75) is 6.10 Å². The molecule has 2 aromatic carbocycles. The summed E-state index contributed by atoms with van der Waals surface area (Å²) in [5.41, 5.74) is 6.21. The number of fused-ring (bicyclic) bond motifs is 1. The van der Waals surface area contributed by atoms with E-state index >= 15 is 0 Å². The van der Waals surface area contributed by atoms with Crippen LogP contribution < -0.4 is 10.2 Å². The summed E-state index contributed by atoms with van der Waals surface area (Å²) in [5.74, 6) is 0.540. The lowest BCUT2D eigenvalue weighted by atomic mass is 10.0. The van der Waals surface area contributed by atoms with E-state index in [-0.39, 0.29) is 6.10 Å². The lowest BCUT2D eigenvalue weighted by Gasteiger charge is -2.34. The van der Waals surface area contributed by atoms with Gasteiger partial charge in [0.25, 0.3) is 0 Å². The van der Waals surface area contributed by atoms with Gasteiger partial charge in [0.2, 0.25) is 12.4 Å². The predicted molar refractivity (Wildman–Crippen MR) is 144 cm³/mol. The van der Waals surface area contributed by atoms with Crippen LogP contribution >= 0.6 is 0 Å². The zero-order valence-corrected chi connectivity index (χ0v) is 21.0. The van der Waals surface area contributed by atoms with Crippen molar-refractivity contribution in [3.05, 3.63) is 72.4 Å². The van der Waals surface area contributed by atoms with Gasteiger partial charge in [-0.15, -0.1) is 5.10 Å². The fourth-order valence-corrected chi connectivity index (χ4v) is 4.96. The Kier molecular flexibility index (Phi) is 6.46. The number of likely N-dealkylation sites (N-methyl/N-ethyl adjacent to an activating group) is 1. The van der Waals surface area contributed by atoms with E-state index in [1.165, 1.54) is 5.69 Å². The van der Waals surface area contributed by atoms with Crippen molar-refractivity contribution in [3.8, 4) is 11.3 Å². The van der Waals surface area contributed by atoms with Crippen LogP contribution in [-0.2, 0) is 9.53 Å². The second kappa shape index (κ2) is 10.2. The summed E-state index contributed by atoms with van der Waals surface area (Å²) in [6.07, 6.45) is 2.62. The fourth-order valence-electron chi connectivity index (χ4n) is 4.96. The quantitative estimate of drug-likeness (QED) is 0.409. The summed E-state index contributed by atoms with van der Waals surface area (Å²) in [6.45, 7) is 6.04. The Balaban J connectivity index is 1.18. The molecule has 0 bridgehead atoms. The molecule has 9 heteroatoms. The Hall–Kier alpha value is -3.95. The molecule has 190 valence electrons. The topological polar surface area (TPSA) is 78.2 Å². The second-order valence-corrected chi connectivity index (χ2v) is 9.68. The van der Waals surface area contributed by atoms with E-state index in [1.54, 1.807) is 4.90 Å². The molecule has 1 unspecified atom stereocenters. The van der Waals surface area contributed by atoms with Gasteiger partial charge in [0, 0.05) is 49.7 Å². The van der Waals surface area contributed by atoms with Crippen molar-refractivity contribution in [2.75, 3.05) is 63.1 Å². The Morgan fingerprint density at radius 3 is 2.49 bits per heavy atom. The van der Waals surface area contributed by atoms with Gasteiger partial charge in [-0.2, -0.15) is 0 Å². The highest BCUT2D eigenvalue weighted by atomic mass is 16.5. The number of hydrogen-bond acceptors (Lipinski definition) is 7. The molecule has 1 atom stereocenters. The maximum Gasteiger partial charge on any atom is 0.245 e. The number of carbonyl (C=O) groups is 1. The third-order valence-corrected chi connectivity index (χ3v) is 7.22. The first-order chi connectivity index (χ1) is 18.2. The van der Waals surface area contributed by atoms with Gasteiger partial charge < -0.3 is 24.8 Å². The Labute approximate surface area is 216 Å². The standard InChI is InChI=1S/C28H31N7O2/c1-32-12-14-34(15-13-32)24-8-6-23(7-9-24)30-28-29-18-25-10-11-26(35(25)31-28)21-2-4-22(5-3-21)27-19-33(20-36)16-17-37-27/h2-11,18,20,27H,12-17,19H2,1H3,(H,30,31). The summed E-state index contributed by atoms with van der Waals surface area (Å²) in [6, 6.07) is 20.8. The molecule has 2 saturated heterocycles. The van der Waals surface area contributed by atoms with E-state index in [0.717, 1.165) is 60.6 Å². The molecule has 9 nitrogen and oxygen atoms in total. The zero-order valence-electron chi connectivity index (χ0n) is 21.0. The normalized spacial score (nSPS) is 18.8. The molecule has 2 fully saturated rings.